The van der Waals surface area contributed by atoms with Gasteiger partial charge in [0.05, 0.1) is 29.3 Å². The van der Waals surface area contributed by atoms with Crippen molar-refractivity contribution in [1.29, 1.82) is 0 Å². The second-order valence-corrected chi connectivity index (χ2v) is 12.3. The van der Waals surface area contributed by atoms with Crippen LogP contribution in [-0.2, 0) is 14.6 Å². The third kappa shape index (κ3) is 4.70. The number of hydrogen-bond acceptors (Lipinski definition) is 5. The molecule has 0 bridgehead atoms. The number of methoxy groups -OCH3 is 1. The van der Waals surface area contributed by atoms with Crippen molar-refractivity contribution in [1.82, 2.24) is 0 Å². The molecule has 2 N–H and O–H groups in total. The van der Waals surface area contributed by atoms with Gasteiger partial charge in [-0.3, -0.25) is 0 Å². The molecular formula is C23H42O5S. The van der Waals surface area contributed by atoms with Crippen molar-refractivity contribution in [3.05, 3.63) is 0 Å². The molecule has 2 aliphatic carbocycles. The number of aliphatic hydroxyl groups is 2. The number of rotatable bonds is 6. The largest absolute Gasteiger partial charge is 0.393 e. The average Bonchev–Trinajstić information content (AvgIpc) is 2.78. The van der Waals surface area contributed by atoms with Crippen molar-refractivity contribution in [3.63, 3.8) is 0 Å². The number of hydrogen-bond donors (Lipinski definition) is 2. The van der Waals surface area contributed by atoms with Gasteiger partial charge in [0, 0.05) is 12.5 Å². The summed E-state index contributed by atoms with van der Waals surface area (Å²) in [7, 11) is -1.56. The van der Waals surface area contributed by atoms with Crippen LogP contribution in [0.4, 0.5) is 0 Å². The molecule has 1 aliphatic heterocycles. The quantitative estimate of drug-likeness (QED) is 0.671. The maximum atomic E-state index is 13.6. The van der Waals surface area contributed by atoms with Crippen LogP contribution in [-0.4, -0.2) is 55.1 Å². The van der Waals surface area contributed by atoms with Crippen LogP contribution in [0.15, 0.2) is 0 Å². The van der Waals surface area contributed by atoms with E-state index in [4.69, 9.17) is 4.74 Å². The fourth-order valence-electron chi connectivity index (χ4n) is 6.77. The van der Waals surface area contributed by atoms with Crippen LogP contribution in [0.1, 0.15) is 84.5 Å². The van der Waals surface area contributed by atoms with Gasteiger partial charge in [0.1, 0.15) is 0 Å². The van der Waals surface area contributed by atoms with Gasteiger partial charge in [-0.15, -0.1) is 0 Å². The summed E-state index contributed by atoms with van der Waals surface area (Å²) in [6, 6.07) is 0. The van der Waals surface area contributed by atoms with Crippen LogP contribution in [0.5, 0.6) is 0 Å². The minimum atomic E-state index is -3.28. The Bertz CT molecular complexity index is 627. The minimum Gasteiger partial charge on any atom is -0.393 e. The fraction of sp³-hybridized carbons (Fsp3) is 1.00. The highest BCUT2D eigenvalue weighted by atomic mass is 32.2. The van der Waals surface area contributed by atoms with Crippen molar-refractivity contribution >= 4 is 9.84 Å². The zero-order valence-electron chi connectivity index (χ0n) is 18.6. The van der Waals surface area contributed by atoms with Gasteiger partial charge in [-0.05, 0) is 75.5 Å². The van der Waals surface area contributed by atoms with Crippen LogP contribution in [0.3, 0.4) is 0 Å². The summed E-state index contributed by atoms with van der Waals surface area (Å²) in [5.74, 6) is 0.364. The Morgan fingerprint density at radius 3 is 2.31 bits per heavy atom. The first-order chi connectivity index (χ1) is 13.8. The number of aliphatic hydroxyl groups excluding tert-OH is 2. The van der Waals surface area contributed by atoms with Gasteiger partial charge >= 0.3 is 0 Å². The van der Waals surface area contributed by atoms with Gasteiger partial charge in [0.25, 0.3) is 0 Å². The molecule has 3 rings (SSSR count). The predicted molar refractivity (Wildman–Crippen MR) is 115 cm³/mol. The number of fused-ring (bicyclic) bond motifs is 1. The van der Waals surface area contributed by atoms with E-state index in [1.165, 1.54) is 0 Å². The van der Waals surface area contributed by atoms with Gasteiger partial charge < -0.3 is 14.9 Å². The van der Waals surface area contributed by atoms with Crippen molar-refractivity contribution in [2.45, 2.75) is 108 Å². The van der Waals surface area contributed by atoms with Gasteiger partial charge in [-0.25, -0.2) is 8.42 Å². The lowest BCUT2D eigenvalue weighted by Crippen LogP contribution is -2.49. The summed E-state index contributed by atoms with van der Waals surface area (Å²) in [5.41, 5.74) is -0.546. The molecule has 0 aromatic rings. The SMILES string of the molecule is CCCC[C@]1(CC)CS(=O)(=O)C2CCC(OC)CC2C(C2CCC(O)CC2)C1O. The topological polar surface area (TPSA) is 83.8 Å². The normalized spacial score (nSPS) is 45.3. The van der Waals surface area contributed by atoms with E-state index in [1.807, 2.05) is 0 Å². The van der Waals surface area contributed by atoms with E-state index >= 15 is 0 Å². The van der Waals surface area contributed by atoms with Gasteiger partial charge in [0.15, 0.2) is 9.84 Å². The monoisotopic (exact) mass is 430 g/mol. The molecule has 0 aromatic heterocycles. The Labute approximate surface area is 177 Å². The molecule has 29 heavy (non-hydrogen) atoms. The first kappa shape index (κ1) is 23.5. The summed E-state index contributed by atoms with van der Waals surface area (Å²) in [6.45, 7) is 4.19. The molecule has 5 nitrogen and oxygen atoms in total. The van der Waals surface area contributed by atoms with E-state index in [-0.39, 0.29) is 41.0 Å². The maximum Gasteiger partial charge on any atom is 0.154 e. The summed E-state index contributed by atoms with van der Waals surface area (Å²) in [5, 5.41) is 21.5. The average molecular weight is 431 g/mol. The summed E-state index contributed by atoms with van der Waals surface area (Å²) < 4.78 is 32.9. The lowest BCUT2D eigenvalue weighted by atomic mass is 9.60. The van der Waals surface area contributed by atoms with Crippen LogP contribution >= 0.6 is 0 Å². The standard InChI is InChI=1S/C23H42O5S/c1-4-6-13-23(5-2)15-29(26,27)20-12-11-18(28-3)14-19(20)21(22(23)25)16-7-9-17(24)10-8-16/h16-22,24-25H,4-15H2,1-3H3/t16?,17?,18?,19?,20?,21?,22?,23-/m1/s1. The van der Waals surface area contributed by atoms with E-state index in [1.54, 1.807) is 7.11 Å². The molecule has 2 saturated carbocycles. The first-order valence-corrected chi connectivity index (χ1v) is 13.6. The smallest absolute Gasteiger partial charge is 0.154 e. The predicted octanol–water partition coefficient (Wildman–Crippen LogP) is 3.71. The maximum absolute atomic E-state index is 13.6. The van der Waals surface area contributed by atoms with E-state index in [0.29, 0.717) is 12.8 Å². The Morgan fingerprint density at radius 1 is 1.03 bits per heavy atom. The zero-order valence-corrected chi connectivity index (χ0v) is 19.4. The number of ether oxygens (including phenoxy) is 1. The molecule has 3 fully saturated rings. The van der Waals surface area contributed by atoms with Crippen LogP contribution < -0.4 is 0 Å². The molecule has 3 aliphatic rings. The molecule has 1 heterocycles. The third-order valence-corrected chi connectivity index (χ3v) is 11.1. The highest BCUT2D eigenvalue weighted by molar-refractivity contribution is 7.92. The Hall–Kier alpha value is -0.170. The van der Waals surface area contributed by atoms with E-state index < -0.39 is 21.4 Å². The molecule has 0 amide bonds. The molecule has 170 valence electrons. The Morgan fingerprint density at radius 2 is 1.72 bits per heavy atom. The summed E-state index contributed by atoms with van der Waals surface area (Å²) in [6.07, 6.45) is 8.14. The summed E-state index contributed by atoms with van der Waals surface area (Å²) >= 11 is 0. The lowest BCUT2D eigenvalue weighted by molar-refractivity contribution is -0.0801. The van der Waals surface area contributed by atoms with Crippen LogP contribution in [0.25, 0.3) is 0 Å². The third-order valence-electron chi connectivity index (χ3n) is 8.57. The minimum absolute atomic E-state index is 0.0143. The molecule has 5 unspecified atom stereocenters. The molecule has 6 heteroatoms. The second kappa shape index (κ2) is 9.54. The van der Waals surface area contributed by atoms with Crippen LogP contribution in [0, 0.1) is 23.2 Å². The Kier molecular flexibility index (Phi) is 7.73. The highest BCUT2D eigenvalue weighted by Gasteiger charge is 2.56. The van der Waals surface area contributed by atoms with E-state index in [0.717, 1.165) is 57.8 Å². The lowest BCUT2D eigenvalue weighted by Gasteiger charge is -2.47. The molecule has 1 saturated heterocycles. The van der Waals surface area contributed by atoms with Crippen molar-refractivity contribution < 1.29 is 23.4 Å². The number of sulfone groups is 1. The zero-order chi connectivity index (χ0) is 21.2. The van der Waals surface area contributed by atoms with Gasteiger partial charge in [-0.1, -0.05) is 26.7 Å². The molecule has 0 radical (unpaired) electrons. The molecular weight excluding hydrogens is 388 g/mol. The van der Waals surface area contributed by atoms with Gasteiger partial charge in [-0.2, -0.15) is 0 Å². The van der Waals surface area contributed by atoms with E-state index in [9.17, 15) is 18.6 Å². The van der Waals surface area contributed by atoms with Crippen LogP contribution in [0.2, 0.25) is 0 Å². The highest BCUT2D eigenvalue weighted by Crippen LogP contribution is 2.53. The summed E-state index contributed by atoms with van der Waals surface area (Å²) in [4.78, 5) is 0. The fourth-order valence-corrected chi connectivity index (χ4v) is 9.62. The molecule has 6 atom stereocenters. The second-order valence-electron chi connectivity index (χ2n) is 10.1. The van der Waals surface area contributed by atoms with Crippen molar-refractivity contribution in [2.24, 2.45) is 23.2 Å². The van der Waals surface area contributed by atoms with Gasteiger partial charge in [0.2, 0.25) is 0 Å². The van der Waals surface area contributed by atoms with Crippen molar-refractivity contribution in [2.75, 3.05) is 12.9 Å². The Balaban J connectivity index is 2.03. The number of unbranched alkanes of at least 4 members (excludes halogenated alkanes) is 1. The molecule has 0 aromatic carbocycles. The molecule has 0 spiro atoms. The van der Waals surface area contributed by atoms with Crippen molar-refractivity contribution in [3.8, 4) is 0 Å². The van der Waals surface area contributed by atoms with E-state index in [2.05, 4.69) is 13.8 Å². The first-order valence-electron chi connectivity index (χ1n) is 11.9.